The molecule has 3 saturated carbocycles. The summed E-state index contributed by atoms with van der Waals surface area (Å²) in [6, 6.07) is 9.45. The lowest BCUT2D eigenvalue weighted by Gasteiger charge is -2.44. The molecule has 5 nitrogen and oxygen atoms in total. The molecular formula is C30H42N2O3. The molecule has 3 aliphatic carbocycles. The molecule has 6 fully saturated rings. The van der Waals surface area contributed by atoms with Crippen LogP contribution in [0.1, 0.15) is 98.9 Å². The Labute approximate surface area is 209 Å². The summed E-state index contributed by atoms with van der Waals surface area (Å²) < 4.78 is 0. The van der Waals surface area contributed by atoms with Gasteiger partial charge in [0.15, 0.2) is 0 Å². The zero-order valence-corrected chi connectivity index (χ0v) is 20.9. The standard InChI is InChI=1S/C30H42N2O3/c33-17-19-7-9-21(10-8-19)27(20-5-1-2-6-20)25-16-23(30(35)18-32(25)30)24-12-11-22-15-26(34)29(28(22)31-24)13-3-4-14-29/h7-10,17,20,22-28,31,34-35H,1-6,11-16,18H2. The number of aliphatic hydroxyl groups excluding tert-OH is 1. The van der Waals surface area contributed by atoms with E-state index in [-0.39, 0.29) is 17.4 Å². The molecule has 35 heavy (non-hydrogen) atoms. The highest BCUT2D eigenvalue weighted by Crippen LogP contribution is 2.60. The monoisotopic (exact) mass is 478 g/mol. The molecule has 3 saturated heterocycles. The molecule has 9 unspecified atom stereocenters. The van der Waals surface area contributed by atoms with Gasteiger partial charge in [-0.1, -0.05) is 49.9 Å². The lowest BCUT2D eigenvalue weighted by atomic mass is 9.72. The van der Waals surface area contributed by atoms with E-state index in [4.69, 9.17) is 0 Å². The predicted molar refractivity (Wildman–Crippen MR) is 135 cm³/mol. The molecule has 190 valence electrons. The summed E-state index contributed by atoms with van der Waals surface area (Å²) in [5.41, 5.74) is 1.52. The van der Waals surface area contributed by atoms with Crippen LogP contribution in [0.5, 0.6) is 0 Å². The van der Waals surface area contributed by atoms with E-state index in [2.05, 4.69) is 22.3 Å². The summed E-state index contributed by atoms with van der Waals surface area (Å²) in [6.07, 6.45) is 15.1. The zero-order chi connectivity index (χ0) is 23.8. The van der Waals surface area contributed by atoms with Gasteiger partial charge >= 0.3 is 0 Å². The Bertz CT molecular complexity index is 953. The first kappa shape index (κ1) is 22.9. The Morgan fingerprint density at radius 2 is 1.74 bits per heavy atom. The third-order valence-corrected chi connectivity index (χ3v) is 11.6. The highest BCUT2D eigenvalue weighted by atomic mass is 16.3. The summed E-state index contributed by atoms with van der Waals surface area (Å²) in [6.45, 7) is 0.804. The van der Waals surface area contributed by atoms with Crippen molar-refractivity contribution in [3.8, 4) is 0 Å². The molecule has 1 aromatic rings. The van der Waals surface area contributed by atoms with Crippen LogP contribution in [0, 0.1) is 23.2 Å². The summed E-state index contributed by atoms with van der Waals surface area (Å²) in [5, 5.41) is 27.0. The van der Waals surface area contributed by atoms with Gasteiger partial charge in [0.05, 0.1) is 6.10 Å². The van der Waals surface area contributed by atoms with Gasteiger partial charge in [0, 0.05) is 47.5 Å². The largest absolute Gasteiger partial charge is 0.392 e. The number of hydrogen-bond acceptors (Lipinski definition) is 5. The number of hydrogen-bond donors (Lipinski definition) is 3. The molecule has 3 heterocycles. The molecule has 0 amide bonds. The predicted octanol–water partition coefficient (Wildman–Crippen LogP) is 4.23. The van der Waals surface area contributed by atoms with E-state index >= 15 is 0 Å². The van der Waals surface area contributed by atoms with Crippen molar-refractivity contribution in [3.63, 3.8) is 0 Å². The Morgan fingerprint density at radius 1 is 1.00 bits per heavy atom. The molecule has 0 radical (unpaired) electrons. The van der Waals surface area contributed by atoms with Crippen LogP contribution in [0.2, 0.25) is 0 Å². The van der Waals surface area contributed by atoms with Gasteiger partial charge in [-0.25, -0.2) is 0 Å². The highest BCUT2D eigenvalue weighted by Gasteiger charge is 2.69. The van der Waals surface area contributed by atoms with Crippen molar-refractivity contribution in [3.05, 3.63) is 35.4 Å². The Hall–Kier alpha value is -1.27. The van der Waals surface area contributed by atoms with E-state index in [9.17, 15) is 15.0 Å². The van der Waals surface area contributed by atoms with Crippen molar-refractivity contribution in [2.75, 3.05) is 6.54 Å². The van der Waals surface area contributed by atoms with Crippen LogP contribution in [-0.4, -0.2) is 57.9 Å². The van der Waals surface area contributed by atoms with Crippen LogP contribution < -0.4 is 5.32 Å². The number of aldehydes is 1. The third kappa shape index (κ3) is 3.44. The van der Waals surface area contributed by atoms with Gasteiger partial charge in [-0.05, 0) is 68.8 Å². The number of fused-ring (bicyclic) bond motifs is 3. The Kier molecular flexibility index (Phi) is 5.48. The summed E-state index contributed by atoms with van der Waals surface area (Å²) in [4.78, 5) is 13.7. The average molecular weight is 479 g/mol. The van der Waals surface area contributed by atoms with Crippen molar-refractivity contribution in [2.45, 2.75) is 113 Å². The van der Waals surface area contributed by atoms with E-state index in [1.165, 1.54) is 63.4 Å². The lowest BCUT2D eigenvalue weighted by molar-refractivity contribution is 0.00890. The van der Waals surface area contributed by atoms with Crippen molar-refractivity contribution < 1.29 is 15.0 Å². The molecule has 1 spiro atoms. The van der Waals surface area contributed by atoms with Crippen LogP contribution >= 0.6 is 0 Å². The maximum atomic E-state index is 11.8. The first-order valence-corrected chi connectivity index (χ1v) is 14.5. The number of carbonyl (C=O) groups is 1. The molecule has 0 aromatic heterocycles. The first-order valence-electron chi connectivity index (χ1n) is 14.5. The van der Waals surface area contributed by atoms with E-state index in [0.29, 0.717) is 35.9 Å². The van der Waals surface area contributed by atoms with Gasteiger partial charge in [-0.2, -0.15) is 0 Å². The fourth-order valence-corrected chi connectivity index (χ4v) is 9.90. The van der Waals surface area contributed by atoms with E-state index in [1.807, 2.05) is 12.1 Å². The van der Waals surface area contributed by atoms with E-state index in [0.717, 1.165) is 37.7 Å². The van der Waals surface area contributed by atoms with Gasteiger partial charge in [0.25, 0.3) is 0 Å². The highest BCUT2D eigenvalue weighted by molar-refractivity contribution is 5.74. The van der Waals surface area contributed by atoms with Gasteiger partial charge in [-0.15, -0.1) is 0 Å². The number of aliphatic hydroxyl groups is 2. The van der Waals surface area contributed by atoms with Crippen LogP contribution in [0.25, 0.3) is 0 Å². The molecule has 7 rings (SSSR count). The normalized spacial score (nSPS) is 44.9. The van der Waals surface area contributed by atoms with Crippen molar-refractivity contribution >= 4 is 6.29 Å². The quantitative estimate of drug-likeness (QED) is 0.436. The Morgan fingerprint density at radius 3 is 2.46 bits per heavy atom. The van der Waals surface area contributed by atoms with Gasteiger partial charge < -0.3 is 15.5 Å². The summed E-state index contributed by atoms with van der Waals surface area (Å²) in [7, 11) is 0. The molecule has 9 atom stereocenters. The molecule has 3 N–H and O–H groups in total. The summed E-state index contributed by atoms with van der Waals surface area (Å²) in [5.74, 6) is 1.97. The smallest absolute Gasteiger partial charge is 0.150 e. The second kappa shape index (κ2) is 8.37. The van der Waals surface area contributed by atoms with Crippen LogP contribution in [0.3, 0.4) is 0 Å². The average Bonchev–Trinajstić information content (AvgIpc) is 3.40. The van der Waals surface area contributed by atoms with Crippen molar-refractivity contribution in [1.82, 2.24) is 10.2 Å². The van der Waals surface area contributed by atoms with Crippen LogP contribution in [0.4, 0.5) is 0 Å². The third-order valence-electron chi connectivity index (χ3n) is 11.6. The minimum absolute atomic E-state index is 0.0832. The second-order valence-corrected chi connectivity index (χ2v) is 13.1. The summed E-state index contributed by atoms with van der Waals surface area (Å²) >= 11 is 0. The first-order chi connectivity index (χ1) is 17.0. The molecule has 0 bridgehead atoms. The van der Waals surface area contributed by atoms with Gasteiger partial charge in [-0.3, -0.25) is 9.69 Å². The minimum Gasteiger partial charge on any atom is -0.392 e. The zero-order valence-electron chi connectivity index (χ0n) is 20.9. The number of carbonyl (C=O) groups excluding carboxylic acids is 1. The SMILES string of the molecule is O=Cc1ccc(C(C2CCCC2)C2CC(C3CCC4CC(O)C5(CCCC5)C4N3)C3(O)CN23)cc1. The number of nitrogens with one attached hydrogen (secondary N) is 1. The number of piperidine rings is 2. The fraction of sp³-hybridized carbons (Fsp3) is 0.767. The Balaban J connectivity index is 1.15. The topological polar surface area (TPSA) is 72.6 Å². The number of benzene rings is 1. The minimum atomic E-state index is -0.658. The van der Waals surface area contributed by atoms with Crippen LogP contribution in [-0.2, 0) is 0 Å². The second-order valence-electron chi connectivity index (χ2n) is 13.1. The number of rotatable bonds is 5. The van der Waals surface area contributed by atoms with Gasteiger partial charge in [0.1, 0.15) is 12.0 Å². The maximum absolute atomic E-state index is 11.8. The molecular weight excluding hydrogens is 436 g/mol. The van der Waals surface area contributed by atoms with Gasteiger partial charge in [0.2, 0.25) is 0 Å². The molecule has 3 aliphatic heterocycles. The number of nitrogens with zero attached hydrogens (tertiary/aromatic N) is 1. The maximum Gasteiger partial charge on any atom is 0.150 e. The van der Waals surface area contributed by atoms with Crippen molar-refractivity contribution in [2.24, 2.45) is 23.2 Å². The van der Waals surface area contributed by atoms with E-state index in [1.54, 1.807) is 0 Å². The van der Waals surface area contributed by atoms with Crippen LogP contribution in [0.15, 0.2) is 24.3 Å². The molecule has 6 aliphatic rings. The lowest BCUT2D eigenvalue weighted by Crippen LogP contribution is -2.57. The fourth-order valence-electron chi connectivity index (χ4n) is 9.90. The van der Waals surface area contributed by atoms with Crippen molar-refractivity contribution in [1.29, 1.82) is 0 Å². The molecule has 5 heteroatoms. The van der Waals surface area contributed by atoms with E-state index < -0.39 is 5.72 Å². The molecule has 1 aromatic carbocycles.